The van der Waals surface area contributed by atoms with Crippen LogP contribution in [0.5, 0.6) is 0 Å². The van der Waals surface area contributed by atoms with Crippen LogP contribution in [0.4, 0.5) is 5.82 Å². The smallest absolute Gasteiger partial charge is 0.137 e. The van der Waals surface area contributed by atoms with Gasteiger partial charge in [-0.15, -0.1) is 0 Å². The maximum absolute atomic E-state index is 6.50. The molecule has 0 unspecified atom stereocenters. The van der Waals surface area contributed by atoms with Crippen LogP contribution in [-0.2, 0) is 19.5 Å². The highest BCUT2D eigenvalue weighted by Crippen LogP contribution is 2.31. The second-order valence-electron chi connectivity index (χ2n) is 9.04. The van der Waals surface area contributed by atoms with Crippen LogP contribution in [0.3, 0.4) is 0 Å². The fourth-order valence-electron chi connectivity index (χ4n) is 4.58. The lowest BCUT2D eigenvalue weighted by Crippen LogP contribution is -2.45. The van der Waals surface area contributed by atoms with Crippen molar-refractivity contribution in [2.24, 2.45) is 0 Å². The molecule has 1 aliphatic rings. The summed E-state index contributed by atoms with van der Waals surface area (Å²) >= 11 is 6.50. The van der Waals surface area contributed by atoms with E-state index >= 15 is 0 Å². The second-order valence-corrected chi connectivity index (χ2v) is 9.45. The fourth-order valence-corrected chi connectivity index (χ4v) is 4.78. The van der Waals surface area contributed by atoms with Gasteiger partial charge in [0.1, 0.15) is 5.82 Å². The Kier molecular flexibility index (Phi) is 7.74. The Morgan fingerprint density at radius 2 is 1.73 bits per heavy atom. The molecule has 1 aliphatic heterocycles. The van der Waals surface area contributed by atoms with Crippen molar-refractivity contribution in [1.82, 2.24) is 19.6 Å². The van der Waals surface area contributed by atoms with E-state index < -0.39 is 0 Å². The van der Waals surface area contributed by atoms with Crippen LogP contribution in [0.25, 0.3) is 5.69 Å². The molecular weight excluding hydrogens is 430 g/mol. The van der Waals surface area contributed by atoms with Crippen molar-refractivity contribution in [3.05, 3.63) is 75.9 Å². The molecule has 0 spiro atoms. The zero-order valence-corrected chi connectivity index (χ0v) is 21.1. The van der Waals surface area contributed by atoms with Crippen LogP contribution in [0.15, 0.2) is 48.5 Å². The molecule has 176 valence electrons. The van der Waals surface area contributed by atoms with Crippen molar-refractivity contribution < 1.29 is 0 Å². The van der Waals surface area contributed by atoms with E-state index in [9.17, 15) is 0 Å². The molecule has 2 aromatic carbocycles. The standard InChI is InChI=1S/C27H36ClN5/c1-5-26-24(20-31(6-2)19-22-11-7-8-13-25(22)28)27(32-16-14-30(4)15-17-32)33(29-26)23-12-9-10-21(3)18-23/h7-13,18H,5-6,14-17,19-20H2,1-4H3. The summed E-state index contributed by atoms with van der Waals surface area (Å²) in [6.45, 7) is 13.4. The molecule has 33 heavy (non-hydrogen) atoms. The molecule has 1 aromatic heterocycles. The monoisotopic (exact) mass is 465 g/mol. The first-order chi connectivity index (χ1) is 16.0. The number of piperazine rings is 1. The summed E-state index contributed by atoms with van der Waals surface area (Å²) in [7, 11) is 2.20. The predicted molar refractivity (Wildman–Crippen MR) is 139 cm³/mol. The summed E-state index contributed by atoms with van der Waals surface area (Å²) < 4.78 is 2.19. The van der Waals surface area contributed by atoms with E-state index in [1.807, 2.05) is 12.1 Å². The molecule has 0 saturated carbocycles. The largest absolute Gasteiger partial charge is 0.354 e. The van der Waals surface area contributed by atoms with E-state index in [1.54, 1.807) is 0 Å². The Bertz CT molecular complexity index is 1070. The normalized spacial score (nSPS) is 14.9. The second kappa shape index (κ2) is 10.7. The average molecular weight is 466 g/mol. The Morgan fingerprint density at radius 3 is 2.39 bits per heavy atom. The number of halogens is 1. The Morgan fingerprint density at radius 1 is 0.970 bits per heavy atom. The van der Waals surface area contributed by atoms with Crippen molar-refractivity contribution in [2.75, 3.05) is 44.7 Å². The van der Waals surface area contributed by atoms with Crippen LogP contribution in [-0.4, -0.2) is 59.4 Å². The number of aryl methyl sites for hydroxylation is 2. The third kappa shape index (κ3) is 5.43. The molecule has 0 amide bonds. The maximum atomic E-state index is 6.50. The van der Waals surface area contributed by atoms with E-state index in [-0.39, 0.29) is 0 Å². The average Bonchev–Trinajstić information content (AvgIpc) is 3.18. The summed E-state index contributed by atoms with van der Waals surface area (Å²) in [5.41, 5.74) is 6.09. The predicted octanol–water partition coefficient (Wildman–Crippen LogP) is 5.17. The molecule has 0 N–H and O–H groups in total. The van der Waals surface area contributed by atoms with Gasteiger partial charge in [-0.2, -0.15) is 5.10 Å². The third-order valence-electron chi connectivity index (χ3n) is 6.60. The van der Waals surface area contributed by atoms with Gasteiger partial charge in [-0.25, -0.2) is 4.68 Å². The van der Waals surface area contributed by atoms with Gasteiger partial charge >= 0.3 is 0 Å². The Labute approximate surface area is 203 Å². The molecule has 0 bridgehead atoms. The Hall–Kier alpha value is -2.34. The molecule has 6 heteroatoms. The van der Waals surface area contributed by atoms with Crippen molar-refractivity contribution in [3.8, 4) is 5.69 Å². The number of rotatable bonds is 8. The van der Waals surface area contributed by atoms with Gasteiger partial charge in [0.15, 0.2) is 0 Å². The summed E-state index contributed by atoms with van der Waals surface area (Å²) in [4.78, 5) is 7.41. The van der Waals surface area contributed by atoms with E-state index in [2.05, 4.69) is 83.6 Å². The van der Waals surface area contributed by atoms with E-state index in [1.165, 1.54) is 28.2 Å². The van der Waals surface area contributed by atoms with Crippen LogP contribution in [0.2, 0.25) is 5.02 Å². The maximum Gasteiger partial charge on any atom is 0.137 e. The zero-order chi connectivity index (χ0) is 23.4. The highest BCUT2D eigenvalue weighted by atomic mass is 35.5. The van der Waals surface area contributed by atoms with Gasteiger partial charge in [0.05, 0.1) is 11.4 Å². The van der Waals surface area contributed by atoms with Crippen molar-refractivity contribution in [3.63, 3.8) is 0 Å². The lowest BCUT2D eigenvalue weighted by molar-refractivity contribution is 0.270. The summed E-state index contributed by atoms with van der Waals surface area (Å²) in [6, 6.07) is 16.8. The van der Waals surface area contributed by atoms with Crippen LogP contribution in [0, 0.1) is 6.92 Å². The molecule has 0 aliphatic carbocycles. The van der Waals surface area contributed by atoms with Crippen molar-refractivity contribution in [1.29, 1.82) is 0 Å². The zero-order valence-electron chi connectivity index (χ0n) is 20.4. The van der Waals surface area contributed by atoms with E-state index in [4.69, 9.17) is 16.7 Å². The van der Waals surface area contributed by atoms with Gasteiger partial charge in [0.2, 0.25) is 0 Å². The van der Waals surface area contributed by atoms with Gasteiger partial charge in [0, 0.05) is 49.9 Å². The van der Waals surface area contributed by atoms with Gasteiger partial charge in [-0.1, -0.05) is 55.8 Å². The Balaban J connectivity index is 1.74. The molecule has 4 rings (SSSR count). The molecular formula is C27H36ClN5. The number of likely N-dealkylation sites (N-methyl/N-ethyl adjacent to an activating group) is 1. The number of hydrogen-bond donors (Lipinski definition) is 0. The fraction of sp³-hybridized carbons (Fsp3) is 0.444. The number of anilines is 1. The van der Waals surface area contributed by atoms with Crippen molar-refractivity contribution in [2.45, 2.75) is 40.3 Å². The van der Waals surface area contributed by atoms with Gasteiger partial charge in [-0.3, -0.25) is 4.90 Å². The summed E-state index contributed by atoms with van der Waals surface area (Å²) in [5, 5.41) is 5.99. The first kappa shape index (κ1) is 23.8. The van der Waals surface area contributed by atoms with E-state index in [0.29, 0.717) is 0 Å². The molecule has 5 nitrogen and oxygen atoms in total. The molecule has 0 atom stereocenters. The topological polar surface area (TPSA) is 27.5 Å². The highest BCUT2D eigenvalue weighted by Gasteiger charge is 2.26. The highest BCUT2D eigenvalue weighted by molar-refractivity contribution is 6.31. The summed E-state index contributed by atoms with van der Waals surface area (Å²) in [6.07, 6.45) is 0.915. The minimum atomic E-state index is 0.830. The number of nitrogens with zero attached hydrogens (tertiary/aromatic N) is 5. The van der Waals surface area contributed by atoms with Gasteiger partial charge in [-0.05, 0) is 56.3 Å². The quantitative estimate of drug-likeness (QED) is 0.458. The molecule has 1 fully saturated rings. The number of hydrogen-bond acceptors (Lipinski definition) is 4. The third-order valence-corrected chi connectivity index (χ3v) is 6.97. The lowest BCUT2D eigenvalue weighted by atomic mass is 10.1. The molecule has 2 heterocycles. The van der Waals surface area contributed by atoms with Crippen LogP contribution in [0.1, 0.15) is 36.2 Å². The van der Waals surface area contributed by atoms with Crippen LogP contribution < -0.4 is 4.90 Å². The van der Waals surface area contributed by atoms with Gasteiger partial charge < -0.3 is 9.80 Å². The van der Waals surface area contributed by atoms with Gasteiger partial charge in [0.25, 0.3) is 0 Å². The number of benzene rings is 2. The number of aromatic nitrogens is 2. The van der Waals surface area contributed by atoms with Crippen molar-refractivity contribution >= 4 is 17.4 Å². The lowest BCUT2D eigenvalue weighted by Gasteiger charge is -2.35. The molecule has 1 saturated heterocycles. The first-order valence-corrected chi connectivity index (χ1v) is 12.4. The minimum absolute atomic E-state index is 0.830. The molecule has 0 radical (unpaired) electrons. The van der Waals surface area contributed by atoms with Crippen LogP contribution >= 0.6 is 11.6 Å². The summed E-state index contributed by atoms with van der Waals surface area (Å²) in [5.74, 6) is 1.25. The molecule has 3 aromatic rings. The minimum Gasteiger partial charge on any atom is -0.354 e. The SMILES string of the molecule is CCc1nn(-c2cccc(C)c2)c(N2CCN(C)CC2)c1CN(CC)Cc1ccccc1Cl. The first-order valence-electron chi connectivity index (χ1n) is 12.1. The van der Waals surface area contributed by atoms with E-state index in [0.717, 1.165) is 62.9 Å².